The largest absolute Gasteiger partial charge is 0.328 e. The van der Waals surface area contributed by atoms with E-state index in [0.29, 0.717) is 13.0 Å². The van der Waals surface area contributed by atoms with Gasteiger partial charge in [-0.1, -0.05) is 20.8 Å². The van der Waals surface area contributed by atoms with E-state index in [1.54, 1.807) is 0 Å². The monoisotopic (exact) mass is 198 g/mol. The number of amides is 2. The Hall–Kier alpha value is -1.16. The van der Waals surface area contributed by atoms with Crippen molar-refractivity contribution in [3.05, 3.63) is 12.2 Å². The molecule has 0 fully saturated rings. The Morgan fingerprint density at radius 1 is 1.29 bits per heavy atom. The minimum absolute atomic E-state index is 0.153. The molecule has 2 N–H and O–H groups in total. The molecule has 1 aliphatic heterocycles. The molecule has 1 aliphatic rings. The second kappa shape index (κ2) is 6.32. The van der Waals surface area contributed by atoms with Crippen molar-refractivity contribution in [3.8, 4) is 0 Å². The topological polar surface area (TPSA) is 63.4 Å². The van der Waals surface area contributed by atoms with Crippen LogP contribution in [0.2, 0.25) is 0 Å². The minimum Gasteiger partial charge on any atom is -0.328 e. The van der Waals surface area contributed by atoms with Crippen molar-refractivity contribution in [2.24, 2.45) is 5.73 Å². The molecule has 0 aromatic heterocycles. The van der Waals surface area contributed by atoms with Gasteiger partial charge in [-0.05, 0) is 6.42 Å². The molecular weight excluding hydrogens is 180 g/mol. The lowest BCUT2D eigenvalue weighted by Gasteiger charge is -2.23. The van der Waals surface area contributed by atoms with Crippen LogP contribution in [0.1, 0.15) is 27.2 Å². The van der Waals surface area contributed by atoms with E-state index in [0.717, 1.165) is 0 Å². The fourth-order valence-corrected chi connectivity index (χ4v) is 1.23. The van der Waals surface area contributed by atoms with Crippen LogP contribution in [-0.4, -0.2) is 29.3 Å². The van der Waals surface area contributed by atoms with Crippen molar-refractivity contribution < 1.29 is 9.59 Å². The maximum absolute atomic E-state index is 11.1. The van der Waals surface area contributed by atoms with Crippen LogP contribution in [0.25, 0.3) is 0 Å². The van der Waals surface area contributed by atoms with E-state index in [-0.39, 0.29) is 17.9 Å². The number of hydrogen-bond donors (Lipinski definition) is 1. The number of rotatable bonds is 3. The fourth-order valence-electron chi connectivity index (χ4n) is 1.23. The van der Waals surface area contributed by atoms with E-state index in [1.165, 1.54) is 17.1 Å². The fraction of sp³-hybridized carbons (Fsp3) is 0.600. The first-order valence-electron chi connectivity index (χ1n) is 4.96. The molecule has 4 heteroatoms. The summed E-state index contributed by atoms with van der Waals surface area (Å²) in [5.41, 5.74) is 5.41. The van der Waals surface area contributed by atoms with Gasteiger partial charge in [-0.25, -0.2) is 0 Å². The highest BCUT2D eigenvalue weighted by molar-refractivity contribution is 6.13. The third-order valence-electron chi connectivity index (χ3n) is 1.95. The van der Waals surface area contributed by atoms with Gasteiger partial charge in [-0.3, -0.25) is 14.5 Å². The van der Waals surface area contributed by atoms with Gasteiger partial charge >= 0.3 is 0 Å². The summed E-state index contributed by atoms with van der Waals surface area (Å²) in [6.07, 6.45) is 3.26. The Labute approximate surface area is 84.8 Å². The summed E-state index contributed by atoms with van der Waals surface area (Å²) in [5.74, 6) is -0.505. The van der Waals surface area contributed by atoms with Crippen LogP contribution < -0.4 is 5.73 Å². The number of nitrogens with two attached hydrogens (primary N) is 1. The van der Waals surface area contributed by atoms with Crippen LogP contribution in [0.15, 0.2) is 12.2 Å². The first-order valence-corrected chi connectivity index (χ1v) is 4.96. The predicted molar refractivity (Wildman–Crippen MR) is 55.5 cm³/mol. The van der Waals surface area contributed by atoms with Crippen LogP contribution in [0.4, 0.5) is 0 Å². The molecule has 0 spiro atoms. The molecule has 0 bridgehead atoms. The molecule has 0 saturated carbocycles. The lowest BCUT2D eigenvalue weighted by molar-refractivity contribution is -0.139. The summed E-state index contributed by atoms with van der Waals surface area (Å²) in [4.78, 5) is 23.4. The van der Waals surface area contributed by atoms with Gasteiger partial charge < -0.3 is 5.73 Å². The van der Waals surface area contributed by atoms with Gasteiger partial charge in [0.15, 0.2) is 0 Å². The maximum Gasteiger partial charge on any atom is 0.253 e. The van der Waals surface area contributed by atoms with Gasteiger partial charge in [0.1, 0.15) is 0 Å². The van der Waals surface area contributed by atoms with Crippen molar-refractivity contribution >= 4 is 11.8 Å². The molecule has 2 amide bonds. The first-order chi connectivity index (χ1) is 6.70. The third kappa shape index (κ3) is 2.67. The highest BCUT2D eigenvalue weighted by Gasteiger charge is 2.28. The predicted octanol–water partition coefficient (Wildman–Crippen LogP) is 0.675. The van der Waals surface area contributed by atoms with Crippen LogP contribution in [0.5, 0.6) is 0 Å². The summed E-state index contributed by atoms with van der Waals surface area (Å²) in [6, 6.07) is -0.153. The second-order valence-electron chi connectivity index (χ2n) is 2.68. The normalized spacial score (nSPS) is 16.7. The molecule has 1 atom stereocenters. The number of carbonyl (C=O) groups is 2. The highest BCUT2D eigenvalue weighted by Crippen LogP contribution is 2.10. The van der Waals surface area contributed by atoms with E-state index in [9.17, 15) is 9.59 Å². The number of hydrogen-bond acceptors (Lipinski definition) is 3. The number of imide groups is 1. The van der Waals surface area contributed by atoms with E-state index in [4.69, 9.17) is 5.73 Å². The molecule has 1 unspecified atom stereocenters. The molecule has 0 aliphatic carbocycles. The first kappa shape index (κ1) is 12.8. The number of carbonyl (C=O) groups excluding carboxylic acids is 2. The average Bonchev–Trinajstić information content (AvgIpc) is 2.54. The Morgan fingerprint density at radius 2 is 1.71 bits per heavy atom. The molecule has 1 rings (SSSR count). The average molecular weight is 198 g/mol. The lowest BCUT2D eigenvalue weighted by atomic mass is 10.2. The standard InChI is InChI=1S/C8H12N2O2.C2H6/c1-2-6(5-9)10-7(11)3-4-8(10)12;1-2/h3-4,6H,2,5,9H2,1H3;1-2H3. The van der Waals surface area contributed by atoms with Gasteiger partial charge in [-0.15, -0.1) is 0 Å². The van der Waals surface area contributed by atoms with E-state index < -0.39 is 0 Å². The van der Waals surface area contributed by atoms with Crippen molar-refractivity contribution in [3.63, 3.8) is 0 Å². The SMILES string of the molecule is CC.CCC(CN)N1C(=O)C=CC1=O. The van der Waals surface area contributed by atoms with Crippen LogP contribution in [0, 0.1) is 0 Å². The van der Waals surface area contributed by atoms with Gasteiger partial charge in [0.25, 0.3) is 11.8 Å². The zero-order valence-corrected chi connectivity index (χ0v) is 8.99. The zero-order valence-electron chi connectivity index (χ0n) is 8.99. The minimum atomic E-state index is -0.252. The Bertz CT molecular complexity index is 214. The summed E-state index contributed by atoms with van der Waals surface area (Å²) >= 11 is 0. The molecule has 4 nitrogen and oxygen atoms in total. The van der Waals surface area contributed by atoms with E-state index in [2.05, 4.69) is 0 Å². The summed E-state index contributed by atoms with van der Waals surface area (Å²) in [6.45, 7) is 6.23. The molecule has 14 heavy (non-hydrogen) atoms. The van der Waals surface area contributed by atoms with Crippen molar-refractivity contribution in [2.75, 3.05) is 6.54 Å². The summed E-state index contributed by atoms with van der Waals surface area (Å²) in [7, 11) is 0. The van der Waals surface area contributed by atoms with Gasteiger partial charge in [-0.2, -0.15) is 0 Å². The second-order valence-corrected chi connectivity index (χ2v) is 2.68. The van der Waals surface area contributed by atoms with Gasteiger partial charge in [0.2, 0.25) is 0 Å². The van der Waals surface area contributed by atoms with E-state index in [1.807, 2.05) is 20.8 Å². The van der Waals surface area contributed by atoms with Crippen molar-refractivity contribution in [1.82, 2.24) is 4.90 Å². The van der Waals surface area contributed by atoms with Crippen molar-refractivity contribution in [1.29, 1.82) is 0 Å². The summed E-state index contributed by atoms with van der Waals surface area (Å²) < 4.78 is 0. The van der Waals surface area contributed by atoms with Crippen molar-refractivity contribution in [2.45, 2.75) is 33.2 Å². The Morgan fingerprint density at radius 3 is 2.00 bits per heavy atom. The molecule has 1 heterocycles. The van der Waals surface area contributed by atoms with E-state index >= 15 is 0 Å². The highest BCUT2D eigenvalue weighted by atomic mass is 16.2. The quantitative estimate of drug-likeness (QED) is 0.678. The number of nitrogens with zero attached hydrogens (tertiary/aromatic N) is 1. The van der Waals surface area contributed by atoms with Crippen LogP contribution in [-0.2, 0) is 9.59 Å². The molecule has 0 saturated heterocycles. The molecule has 80 valence electrons. The zero-order chi connectivity index (χ0) is 11.1. The maximum atomic E-state index is 11.1. The summed E-state index contributed by atoms with van der Waals surface area (Å²) in [5, 5.41) is 0. The lowest BCUT2D eigenvalue weighted by Crippen LogP contribution is -2.43. The Balaban J connectivity index is 0.000000791. The molecule has 0 aromatic rings. The van der Waals surface area contributed by atoms with Gasteiger partial charge in [0.05, 0.1) is 6.04 Å². The molecule has 0 aromatic carbocycles. The third-order valence-corrected chi connectivity index (χ3v) is 1.95. The van der Waals surface area contributed by atoms with Crippen LogP contribution >= 0.6 is 0 Å². The van der Waals surface area contributed by atoms with Crippen LogP contribution in [0.3, 0.4) is 0 Å². The molecular formula is C10H18N2O2. The van der Waals surface area contributed by atoms with Gasteiger partial charge in [0, 0.05) is 18.7 Å². The molecule has 0 radical (unpaired) electrons. The smallest absolute Gasteiger partial charge is 0.253 e. The Kier molecular flexibility index (Phi) is 5.79.